The van der Waals surface area contributed by atoms with Crippen LogP contribution in [0, 0.1) is 0 Å². The van der Waals surface area contributed by atoms with Crippen LogP contribution < -0.4 is 0 Å². The molecule has 0 spiro atoms. The van der Waals surface area contributed by atoms with Crippen molar-refractivity contribution in [2.24, 2.45) is 0 Å². The number of ether oxygens (including phenoxy) is 21. The summed E-state index contributed by atoms with van der Waals surface area (Å²) >= 11 is 0. The minimum Gasteiger partial charge on any atom is -0.459 e. The standard InChI is InChI=1S/C116H102O31/c1-127-113-99(130-69-76-45-19-4-20-46-76)95(129-68-75-43-17-3-18-44-75)91(128-67-74-41-15-2-16-42-74)87(135-113)71-132-114-101(146-111(125)85-63-37-13-38-64-85)97(143-108(122)82-57-31-10-32-58-82)93(140-105(119)79-51-25-7-26-52-79)89(137-114)73-134-116-102(147-112(126)86-65-39-14-40-66-86)98(144-109(123)83-59-33-11-34-60-83)94(141-106(120)80-53-27-8-28-54-80)90(138-116)72-133-115-100(145-110(124)84-61-35-12-36-62-84)96(142-107(121)81-55-29-9-30-56-81)92(139-104(118)78-49-23-6-24-50-78)88(136-115)70-131-103(117)77-47-21-5-22-48-77/h2-66,87-102,113-116H,67-73H2,1H3. The van der Waals surface area contributed by atoms with Crippen molar-refractivity contribution in [2.75, 3.05) is 33.5 Å². The summed E-state index contributed by atoms with van der Waals surface area (Å²) in [7, 11) is 1.42. The number of hydrogen-bond acceptors (Lipinski definition) is 31. The lowest BCUT2D eigenvalue weighted by atomic mass is 9.96. The number of esters is 10. The minimum absolute atomic E-state index is 0.0115. The van der Waals surface area contributed by atoms with E-state index >= 15 is 38.4 Å². The maximum atomic E-state index is 15.5. The molecular formula is C116H102O31. The molecule has 31 heteroatoms. The topological polar surface area (TPSA) is 365 Å². The molecule has 0 N–H and O–H groups in total. The Morgan fingerprint density at radius 2 is 0.354 bits per heavy atom. The van der Waals surface area contributed by atoms with Crippen LogP contribution >= 0.6 is 0 Å². The van der Waals surface area contributed by atoms with Gasteiger partial charge in [-0.3, -0.25) is 0 Å². The fourth-order valence-electron chi connectivity index (χ4n) is 17.0. The van der Waals surface area contributed by atoms with Gasteiger partial charge in [0.05, 0.1) is 95.3 Å². The first-order valence-electron chi connectivity index (χ1n) is 47.5. The smallest absolute Gasteiger partial charge is 0.338 e. The van der Waals surface area contributed by atoms with E-state index in [1.807, 2.05) is 91.0 Å². The summed E-state index contributed by atoms with van der Waals surface area (Å²) < 4.78 is 142. The predicted molar refractivity (Wildman–Crippen MR) is 522 cm³/mol. The highest BCUT2D eigenvalue weighted by Gasteiger charge is 2.60. The highest BCUT2D eigenvalue weighted by Crippen LogP contribution is 2.40. The van der Waals surface area contributed by atoms with Gasteiger partial charge in [0.15, 0.2) is 80.1 Å². The van der Waals surface area contributed by atoms with Gasteiger partial charge in [-0.15, -0.1) is 0 Å². The van der Waals surface area contributed by atoms with Crippen LogP contribution in [0.15, 0.2) is 394 Å². The second kappa shape index (κ2) is 51.1. The quantitative estimate of drug-likeness (QED) is 0.0254. The molecule has 13 aromatic carbocycles. The van der Waals surface area contributed by atoms with Gasteiger partial charge in [-0.05, 0) is 138 Å². The van der Waals surface area contributed by atoms with Crippen LogP contribution in [0.2, 0.25) is 0 Å². The molecule has 0 saturated carbocycles. The first-order chi connectivity index (χ1) is 72.0. The van der Waals surface area contributed by atoms with Gasteiger partial charge in [0.25, 0.3) is 0 Å². The number of benzene rings is 13. The second-order valence-corrected chi connectivity index (χ2v) is 34.3. The minimum atomic E-state index is -2.25. The Labute approximate surface area is 845 Å². The molecule has 0 aliphatic carbocycles. The predicted octanol–water partition coefficient (Wildman–Crippen LogP) is 16.2. The van der Waals surface area contributed by atoms with Gasteiger partial charge in [0.2, 0.25) is 0 Å². The van der Waals surface area contributed by atoms with E-state index in [1.54, 1.807) is 146 Å². The maximum absolute atomic E-state index is 15.5. The van der Waals surface area contributed by atoms with Gasteiger partial charge in [-0.1, -0.05) is 273 Å². The summed E-state index contributed by atoms with van der Waals surface area (Å²) in [5.41, 5.74) is 1.80. The van der Waals surface area contributed by atoms with Gasteiger partial charge in [-0.25, -0.2) is 47.9 Å². The lowest BCUT2D eigenvalue weighted by molar-refractivity contribution is -0.349. The van der Waals surface area contributed by atoms with E-state index in [-0.39, 0.29) is 75.5 Å². The van der Waals surface area contributed by atoms with Crippen molar-refractivity contribution >= 4 is 59.7 Å². The Morgan fingerprint density at radius 3 is 0.585 bits per heavy atom. The Bertz CT molecular complexity index is 6450. The molecule has 0 aromatic heterocycles. The molecule has 31 nitrogen and oxygen atoms in total. The number of hydrogen-bond donors (Lipinski definition) is 0. The van der Waals surface area contributed by atoms with Crippen molar-refractivity contribution in [1.29, 1.82) is 0 Å². The monoisotopic (exact) mass is 1990 g/mol. The van der Waals surface area contributed by atoms with Gasteiger partial charge < -0.3 is 99.5 Å². The molecule has 17 rings (SSSR count). The highest BCUT2D eigenvalue weighted by molar-refractivity contribution is 5.95. The van der Waals surface area contributed by atoms with Crippen LogP contribution in [0.5, 0.6) is 0 Å². The average Bonchev–Trinajstić information content (AvgIpc) is 0.758. The largest absolute Gasteiger partial charge is 0.459 e. The first-order valence-corrected chi connectivity index (χ1v) is 47.5. The molecule has 752 valence electrons. The zero-order valence-electron chi connectivity index (χ0n) is 79.2. The zero-order valence-corrected chi connectivity index (χ0v) is 79.2. The Kier molecular flexibility index (Phi) is 35.6. The Hall–Kier alpha value is -15.9. The third kappa shape index (κ3) is 27.0. The van der Waals surface area contributed by atoms with Crippen LogP contribution in [0.1, 0.15) is 120 Å². The van der Waals surface area contributed by atoms with E-state index in [4.69, 9.17) is 99.5 Å². The molecule has 4 heterocycles. The summed E-state index contributed by atoms with van der Waals surface area (Å²) in [6.45, 7) is -3.50. The summed E-state index contributed by atoms with van der Waals surface area (Å²) in [5, 5.41) is 0. The fourth-order valence-corrected chi connectivity index (χ4v) is 17.0. The summed E-state index contributed by atoms with van der Waals surface area (Å²) in [6, 6.07) is 104. The van der Waals surface area contributed by atoms with Gasteiger partial charge in [-0.2, -0.15) is 0 Å². The summed E-state index contributed by atoms with van der Waals surface area (Å²) in [6.07, 6.45) is -36.6. The van der Waals surface area contributed by atoms with Crippen molar-refractivity contribution in [2.45, 2.75) is 143 Å². The van der Waals surface area contributed by atoms with E-state index < -0.39 is 209 Å². The number of methoxy groups -OCH3 is 1. The van der Waals surface area contributed by atoms with Gasteiger partial charge >= 0.3 is 59.7 Å². The van der Waals surface area contributed by atoms with Crippen molar-refractivity contribution < 1.29 is 147 Å². The highest BCUT2D eigenvalue weighted by atomic mass is 16.8. The third-order valence-electron chi connectivity index (χ3n) is 24.4. The molecular weight excluding hydrogens is 1890 g/mol. The van der Waals surface area contributed by atoms with Crippen LogP contribution in [0.4, 0.5) is 0 Å². The average molecular weight is 1990 g/mol. The molecule has 4 saturated heterocycles. The van der Waals surface area contributed by atoms with Crippen molar-refractivity contribution in [3.05, 3.63) is 467 Å². The summed E-state index contributed by atoms with van der Waals surface area (Å²) in [4.78, 5) is 152. The number of carbonyl (C=O) groups is 10. The van der Waals surface area contributed by atoms with Crippen LogP contribution in [0.25, 0.3) is 0 Å². The lowest BCUT2D eigenvalue weighted by Crippen LogP contribution is -2.66. The molecule has 0 bridgehead atoms. The molecule has 4 aliphatic rings. The lowest BCUT2D eigenvalue weighted by Gasteiger charge is -2.48. The molecule has 0 radical (unpaired) electrons. The second-order valence-electron chi connectivity index (χ2n) is 34.3. The molecule has 20 unspecified atom stereocenters. The molecule has 13 aromatic rings. The molecule has 4 aliphatic heterocycles. The van der Waals surface area contributed by atoms with Crippen molar-refractivity contribution in [3.8, 4) is 0 Å². The molecule has 20 atom stereocenters. The Morgan fingerprint density at radius 1 is 0.177 bits per heavy atom. The van der Waals surface area contributed by atoms with E-state index in [2.05, 4.69) is 0 Å². The van der Waals surface area contributed by atoms with Crippen LogP contribution in [-0.4, -0.2) is 216 Å². The van der Waals surface area contributed by atoms with E-state index in [0.29, 0.717) is 0 Å². The van der Waals surface area contributed by atoms with Crippen LogP contribution in [-0.2, 0) is 119 Å². The van der Waals surface area contributed by atoms with Gasteiger partial charge in [0, 0.05) is 7.11 Å². The summed E-state index contributed by atoms with van der Waals surface area (Å²) in [5.74, 6) is -10.6. The Balaban J connectivity index is 0.809. The van der Waals surface area contributed by atoms with E-state index in [1.165, 1.54) is 165 Å². The van der Waals surface area contributed by atoms with E-state index in [9.17, 15) is 9.59 Å². The van der Waals surface area contributed by atoms with Crippen molar-refractivity contribution in [1.82, 2.24) is 0 Å². The zero-order chi connectivity index (χ0) is 102. The van der Waals surface area contributed by atoms with Gasteiger partial charge in [0.1, 0.15) is 49.3 Å². The maximum Gasteiger partial charge on any atom is 0.338 e. The van der Waals surface area contributed by atoms with Crippen molar-refractivity contribution in [3.63, 3.8) is 0 Å². The SMILES string of the molecule is COC1OC(COC2OC(COC3OC(COC4OC(COC(=O)c5ccccc5)C(OC(=O)c5ccccc5)C(OC(=O)c5ccccc5)C4OC(=O)c4ccccc4)C(OC(=O)c4ccccc4)C(OC(=O)c4ccccc4)C3OC(=O)c3ccccc3)C(OC(=O)c3ccccc3)C(OC(=O)c3ccccc3)C2OC(=O)c2ccccc2)C(OCc2ccccc2)C(OCc2ccccc2)C1OCc1ccccc1. The number of carbonyl (C=O) groups excluding carboxylic acids is 10. The van der Waals surface area contributed by atoms with E-state index in [0.717, 1.165) is 16.7 Å². The normalized spacial score (nSPS) is 23.5. The molecule has 147 heavy (non-hydrogen) atoms. The third-order valence-corrected chi connectivity index (χ3v) is 24.4. The first kappa shape index (κ1) is 103. The molecule has 4 fully saturated rings. The molecule has 0 amide bonds. The fraction of sp³-hybridized carbons (Fsp3) is 0.241. The van der Waals surface area contributed by atoms with Crippen LogP contribution in [0.3, 0.4) is 0 Å². The number of rotatable bonds is 40.